The Kier molecular flexibility index (Phi) is 5.26. The van der Waals surface area contributed by atoms with Gasteiger partial charge in [-0.3, -0.25) is 0 Å². The van der Waals surface area contributed by atoms with Gasteiger partial charge in [0.2, 0.25) is 0 Å². The van der Waals surface area contributed by atoms with Crippen molar-refractivity contribution >= 4 is 0 Å². The van der Waals surface area contributed by atoms with Crippen LogP contribution in [-0.2, 0) is 24.4 Å². The van der Waals surface area contributed by atoms with Gasteiger partial charge < -0.3 is 9.84 Å². The summed E-state index contributed by atoms with van der Waals surface area (Å²) in [6, 6.07) is 8.28. The van der Waals surface area contributed by atoms with Crippen LogP contribution in [0.25, 0.3) is 5.69 Å². The molecule has 0 unspecified atom stereocenters. The highest BCUT2D eigenvalue weighted by atomic mass is 16.5. The summed E-state index contributed by atoms with van der Waals surface area (Å²) in [5, 5.41) is 17.4. The SMILES string of the molecule is CCCCc1ccc(-n2nnc(CO)c2COC)cc1. The Hall–Kier alpha value is -1.72. The topological polar surface area (TPSA) is 60.2 Å². The van der Waals surface area contributed by atoms with Crippen molar-refractivity contribution in [3.05, 3.63) is 41.2 Å². The highest BCUT2D eigenvalue weighted by Crippen LogP contribution is 2.16. The molecule has 1 heterocycles. The molecule has 2 aromatic rings. The van der Waals surface area contributed by atoms with Crippen molar-refractivity contribution in [3.8, 4) is 5.69 Å². The first-order valence-electron chi connectivity index (χ1n) is 6.92. The Balaban J connectivity index is 2.24. The molecule has 0 radical (unpaired) electrons. The Morgan fingerprint density at radius 2 is 2.00 bits per heavy atom. The fourth-order valence-electron chi connectivity index (χ4n) is 2.13. The molecule has 0 aliphatic carbocycles. The summed E-state index contributed by atoms with van der Waals surface area (Å²) in [4.78, 5) is 0. The molecule has 0 saturated carbocycles. The molecule has 1 N–H and O–H groups in total. The minimum Gasteiger partial charge on any atom is -0.390 e. The summed E-state index contributed by atoms with van der Waals surface area (Å²) in [6.07, 6.45) is 3.50. The number of rotatable bonds is 7. The predicted molar refractivity (Wildman–Crippen MR) is 76.6 cm³/mol. The zero-order chi connectivity index (χ0) is 14.4. The molecular weight excluding hydrogens is 254 g/mol. The van der Waals surface area contributed by atoms with E-state index in [0.717, 1.165) is 17.8 Å². The molecule has 1 aromatic carbocycles. The van der Waals surface area contributed by atoms with Crippen molar-refractivity contribution in [3.63, 3.8) is 0 Å². The Morgan fingerprint density at radius 1 is 1.25 bits per heavy atom. The predicted octanol–water partition coefficient (Wildman–Crippen LogP) is 2.25. The molecule has 0 bridgehead atoms. The molecule has 0 atom stereocenters. The van der Waals surface area contributed by atoms with Gasteiger partial charge in [-0.15, -0.1) is 5.10 Å². The number of ether oxygens (including phenoxy) is 1. The standard InChI is InChI=1S/C15H21N3O2/c1-3-4-5-12-6-8-13(9-7-12)18-15(11-20-2)14(10-19)16-17-18/h6-9,19H,3-5,10-11H2,1-2H3. The van der Waals surface area contributed by atoms with Crippen molar-refractivity contribution in [1.82, 2.24) is 15.0 Å². The van der Waals surface area contributed by atoms with Crippen molar-refractivity contribution in [2.24, 2.45) is 0 Å². The lowest BCUT2D eigenvalue weighted by molar-refractivity contribution is 0.175. The highest BCUT2D eigenvalue weighted by molar-refractivity contribution is 5.36. The number of unbranched alkanes of at least 4 members (excludes halogenated alkanes) is 1. The molecule has 108 valence electrons. The zero-order valence-electron chi connectivity index (χ0n) is 12.0. The molecule has 2 rings (SSSR count). The van der Waals surface area contributed by atoms with Crippen molar-refractivity contribution in [1.29, 1.82) is 0 Å². The van der Waals surface area contributed by atoms with Crippen LogP contribution in [0.3, 0.4) is 0 Å². The summed E-state index contributed by atoms with van der Waals surface area (Å²) < 4.78 is 6.88. The molecule has 1 aromatic heterocycles. The van der Waals surface area contributed by atoms with Crippen molar-refractivity contribution in [2.45, 2.75) is 39.4 Å². The van der Waals surface area contributed by atoms with Crippen LogP contribution in [0.4, 0.5) is 0 Å². The number of aliphatic hydroxyl groups excluding tert-OH is 1. The maximum absolute atomic E-state index is 9.28. The average Bonchev–Trinajstić information content (AvgIpc) is 2.89. The summed E-state index contributed by atoms with van der Waals surface area (Å²) in [5.41, 5.74) is 3.61. The first kappa shape index (κ1) is 14.7. The van der Waals surface area contributed by atoms with Crippen LogP contribution >= 0.6 is 0 Å². The normalized spacial score (nSPS) is 10.9. The monoisotopic (exact) mass is 275 g/mol. The zero-order valence-corrected chi connectivity index (χ0v) is 12.0. The number of aromatic nitrogens is 3. The summed E-state index contributed by atoms with van der Waals surface area (Å²) in [5.74, 6) is 0. The lowest BCUT2D eigenvalue weighted by Gasteiger charge is -2.07. The first-order valence-corrected chi connectivity index (χ1v) is 6.92. The number of aliphatic hydroxyl groups is 1. The van der Waals surface area contributed by atoms with Crippen LogP contribution < -0.4 is 0 Å². The number of methoxy groups -OCH3 is 1. The number of benzene rings is 1. The van der Waals surface area contributed by atoms with Crippen LogP contribution in [0.15, 0.2) is 24.3 Å². The molecule has 0 spiro atoms. The van der Waals surface area contributed by atoms with Gasteiger partial charge >= 0.3 is 0 Å². The lowest BCUT2D eigenvalue weighted by Crippen LogP contribution is -2.05. The third kappa shape index (κ3) is 3.23. The maximum Gasteiger partial charge on any atom is 0.114 e. The molecular formula is C15H21N3O2. The van der Waals surface area contributed by atoms with Crippen LogP contribution in [0.2, 0.25) is 0 Å². The van der Waals surface area contributed by atoms with E-state index < -0.39 is 0 Å². The van der Waals surface area contributed by atoms with Gasteiger partial charge in [-0.05, 0) is 30.5 Å². The van der Waals surface area contributed by atoms with E-state index in [-0.39, 0.29) is 6.61 Å². The Bertz CT molecular complexity index is 535. The van der Waals surface area contributed by atoms with Crippen LogP contribution in [0.5, 0.6) is 0 Å². The lowest BCUT2D eigenvalue weighted by atomic mass is 10.1. The van der Waals surface area contributed by atoms with Gasteiger partial charge in [-0.2, -0.15) is 0 Å². The molecule has 5 nitrogen and oxygen atoms in total. The van der Waals surface area contributed by atoms with Crippen molar-refractivity contribution in [2.75, 3.05) is 7.11 Å². The van der Waals surface area contributed by atoms with Gasteiger partial charge in [0.15, 0.2) is 0 Å². The second kappa shape index (κ2) is 7.17. The van der Waals surface area contributed by atoms with E-state index in [1.54, 1.807) is 11.8 Å². The number of hydrogen-bond acceptors (Lipinski definition) is 4. The molecule has 0 aliphatic rings. The Morgan fingerprint density at radius 3 is 2.60 bits per heavy atom. The second-order valence-corrected chi connectivity index (χ2v) is 4.76. The molecule has 20 heavy (non-hydrogen) atoms. The number of nitrogens with zero attached hydrogens (tertiary/aromatic N) is 3. The third-order valence-corrected chi connectivity index (χ3v) is 3.27. The summed E-state index contributed by atoms with van der Waals surface area (Å²) in [7, 11) is 1.62. The number of aryl methyl sites for hydroxylation is 1. The largest absolute Gasteiger partial charge is 0.390 e. The molecule has 0 fully saturated rings. The van der Waals surface area contributed by atoms with Crippen LogP contribution in [-0.4, -0.2) is 27.2 Å². The van der Waals surface area contributed by atoms with E-state index in [0.29, 0.717) is 12.3 Å². The van der Waals surface area contributed by atoms with E-state index in [9.17, 15) is 5.11 Å². The Labute approximate surface area is 119 Å². The van der Waals surface area contributed by atoms with Gasteiger partial charge in [0, 0.05) is 7.11 Å². The van der Waals surface area contributed by atoms with Gasteiger partial charge in [-0.25, -0.2) is 4.68 Å². The average molecular weight is 275 g/mol. The fraction of sp³-hybridized carbons (Fsp3) is 0.467. The van der Waals surface area contributed by atoms with Crippen molar-refractivity contribution < 1.29 is 9.84 Å². The van der Waals surface area contributed by atoms with E-state index in [1.165, 1.54) is 18.4 Å². The minimum absolute atomic E-state index is 0.132. The van der Waals surface area contributed by atoms with Gasteiger partial charge in [0.1, 0.15) is 5.69 Å². The molecule has 0 amide bonds. The van der Waals surface area contributed by atoms with Gasteiger partial charge in [0.25, 0.3) is 0 Å². The van der Waals surface area contributed by atoms with E-state index >= 15 is 0 Å². The first-order chi connectivity index (χ1) is 9.80. The molecule has 5 heteroatoms. The molecule has 0 saturated heterocycles. The third-order valence-electron chi connectivity index (χ3n) is 3.27. The van der Waals surface area contributed by atoms with E-state index in [2.05, 4.69) is 29.4 Å². The van der Waals surface area contributed by atoms with E-state index in [1.807, 2.05) is 12.1 Å². The summed E-state index contributed by atoms with van der Waals surface area (Å²) >= 11 is 0. The molecule has 0 aliphatic heterocycles. The van der Waals surface area contributed by atoms with Crippen LogP contribution in [0.1, 0.15) is 36.7 Å². The van der Waals surface area contributed by atoms with Gasteiger partial charge in [-0.1, -0.05) is 30.7 Å². The second-order valence-electron chi connectivity index (χ2n) is 4.76. The maximum atomic E-state index is 9.28. The van der Waals surface area contributed by atoms with E-state index in [4.69, 9.17) is 4.74 Å². The summed E-state index contributed by atoms with van der Waals surface area (Å²) in [6.45, 7) is 2.44. The van der Waals surface area contributed by atoms with Gasteiger partial charge in [0.05, 0.1) is 24.6 Å². The minimum atomic E-state index is -0.132. The quantitative estimate of drug-likeness (QED) is 0.842. The fourth-order valence-corrected chi connectivity index (χ4v) is 2.13. The smallest absolute Gasteiger partial charge is 0.114 e. The number of hydrogen-bond donors (Lipinski definition) is 1. The van der Waals surface area contributed by atoms with Crippen LogP contribution in [0, 0.1) is 0 Å². The highest BCUT2D eigenvalue weighted by Gasteiger charge is 2.13.